The Morgan fingerprint density at radius 1 is 1.16 bits per heavy atom. The minimum absolute atomic E-state index is 0.206. The monoisotopic (exact) mass is 258 g/mol. The van der Waals surface area contributed by atoms with Crippen molar-refractivity contribution in [2.45, 2.75) is 6.92 Å². The molecule has 0 saturated heterocycles. The lowest BCUT2D eigenvalue weighted by Gasteiger charge is -2.19. The molecule has 0 atom stereocenters. The Labute approximate surface area is 111 Å². The molecular weight excluding hydrogens is 243 g/mol. The van der Waals surface area contributed by atoms with Crippen LogP contribution in [0.2, 0.25) is 0 Å². The number of nitrogens with two attached hydrogens (primary N) is 1. The number of aryl methyl sites for hydroxylation is 1. The molecule has 0 fully saturated rings. The van der Waals surface area contributed by atoms with Crippen molar-refractivity contribution in [2.24, 2.45) is 0 Å². The second-order valence-corrected chi connectivity index (χ2v) is 4.38. The molecule has 2 aromatic rings. The van der Waals surface area contributed by atoms with Gasteiger partial charge in [0.15, 0.2) is 0 Å². The van der Waals surface area contributed by atoms with Gasteiger partial charge in [-0.25, -0.2) is 4.39 Å². The molecule has 2 aromatic carbocycles. The van der Waals surface area contributed by atoms with Crippen molar-refractivity contribution in [1.82, 2.24) is 0 Å². The summed E-state index contributed by atoms with van der Waals surface area (Å²) in [5.74, 6) is -0.540. The maximum absolute atomic E-state index is 12.9. The minimum atomic E-state index is -0.333. The smallest absolute Gasteiger partial charge is 0.260 e. The van der Waals surface area contributed by atoms with Gasteiger partial charge in [-0.2, -0.15) is 0 Å². The second-order valence-electron chi connectivity index (χ2n) is 4.38. The Bertz CT molecular complexity index is 588. The fourth-order valence-corrected chi connectivity index (χ4v) is 1.93. The number of rotatable bonds is 2. The fraction of sp³-hybridized carbons (Fsp3) is 0.133. The normalized spacial score (nSPS) is 10.3. The SMILES string of the molecule is Cc1cccc(N)c1C(=O)N(C)c1ccc(F)cc1. The number of carbonyl (C=O) groups excluding carboxylic acids is 1. The van der Waals surface area contributed by atoms with Gasteiger partial charge in [-0.3, -0.25) is 4.79 Å². The van der Waals surface area contributed by atoms with Gasteiger partial charge in [0.25, 0.3) is 5.91 Å². The van der Waals surface area contributed by atoms with E-state index in [1.54, 1.807) is 31.3 Å². The minimum Gasteiger partial charge on any atom is -0.398 e. The Hall–Kier alpha value is -2.36. The number of carbonyl (C=O) groups is 1. The molecule has 2 rings (SSSR count). The van der Waals surface area contributed by atoms with Crippen LogP contribution in [-0.2, 0) is 0 Å². The highest BCUT2D eigenvalue weighted by Gasteiger charge is 2.18. The summed E-state index contributed by atoms with van der Waals surface area (Å²) < 4.78 is 12.9. The van der Waals surface area contributed by atoms with Crippen LogP contribution in [0.3, 0.4) is 0 Å². The Morgan fingerprint density at radius 3 is 2.37 bits per heavy atom. The van der Waals surface area contributed by atoms with Gasteiger partial charge < -0.3 is 10.6 Å². The lowest BCUT2D eigenvalue weighted by molar-refractivity contribution is 0.0993. The Kier molecular flexibility index (Phi) is 3.51. The van der Waals surface area contributed by atoms with E-state index in [2.05, 4.69) is 0 Å². The van der Waals surface area contributed by atoms with Crippen LogP contribution in [-0.4, -0.2) is 13.0 Å². The number of amides is 1. The van der Waals surface area contributed by atoms with Gasteiger partial charge >= 0.3 is 0 Å². The molecule has 0 bridgehead atoms. The lowest BCUT2D eigenvalue weighted by atomic mass is 10.1. The van der Waals surface area contributed by atoms with Crippen LogP contribution < -0.4 is 10.6 Å². The lowest BCUT2D eigenvalue weighted by Crippen LogP contribution is -2.27. The largest absolute Gasteiger partial charge is 0.398 e. The van der Waals surface area contributed by atoms with Crippen LogP contribution in [0.1, 0.15) is 15.9 Å². The van der Waals surface area contributed by atoms with E-state index in [-0.39, 0.29) is 11.7 Å². The highest BCUT2D eigenvalue weighted by atomic mass is 19.1. The van der Waals surface area contributed by atoms with Crippen LogP contribution in [0.25, 0.3) is 0 Å². The Morgan fingerprint density at radius 2 is 1.79 bits per heavy atom. The van der Waals surface area contributed by atoms with E-state index in [9.17, 15) is 9.18 Å². The van der Waals surface area contributed by atoms with Crippen molar-refractivity contribution in [3.8, 4) is 0 Å². The average Bonchev–Trinajstić information content (AvgIpc) is 2.38. The molecule has 3 nitrogen and oxygen atoms in total. The van der Waals surface area contributed by atoms with Crippen molar-refractivity contribution >= 4 is 17.3 Å². The summed E-state index contributed by atoms with van der Waals surface area (Å²) >= 11 is 0. The van der Waals surface area contributed by atoms with E-state index in [1.165, 1.54) is 17.0 Å². The van der Waals surface area contributed by atoms with Crippen LogP contribution >= 0.6 is 0 Å². The number of hydrogen-bond acceptors (Lipinski definition) is 2. The number of halogens is 1. The van der Waals surface area contributed by atoms with Crippen molar-refractivity contribution in [1.29, 1.82) is 0 Å². The number of benzene rings is 2. The molecular formula is C15H15FN2O. The molecule has 0 aliphatic heterocycles. The fourth-order valence-electron chi connectivity index (χ4n) is 1.93. The maximum atomic E-state index is 12.9. The highest BCUT2D eigenvalue weighted by Crippen LogP contribution is 2.21. The number of anilines is 2. The first kappa shape index (κ1) is 13.1. The summed E-state index contributed by atoms with van der Waals surface area (Å²) in [4.78, 5) is 13.9. The van der Waals surface area contributed by atoms with Gasteiger partial charge in [0.1, 0.15) is 5.82 Å². The summed E-state index contributed by atoms with van der Waals surface area (Å²) in [6.07, 6.45) is 0. The van der Waals surface area contributed by atoms with Gasteiger partial charge in [-0.05, 0) is 42.8 Å². The van der Waals surface area contributed by atoms with Gasteiger partial charge in [0.05, 0.1) is 5.56 Å². The third-order valence-corrected chi connectivity index (χ3v) is 3.04. The molecule has 19 heavy (non-hydrogen) atoms. The summed E-state index contributed by atoms with van der Waals surface area (Å²) in [6, 6.07) is 11.1. The maximum Gasteiger partial charge on any atom is 0.260 e. The third kappa shape index (κ3) is 2.57. The average molecular weight is 258 g/mol. The van der Waals surface area contributed by atoms with Gasteiger partial charge in [0.2, 0.25) is 0 Å². The number of hydrogen-bond donors (Lipinski definition) is 1. The number of nitrogens with zero attached hydrogens (tertiary/aromatic N) is 1. The Balaban J connectivity index is 2.36. The van der Waals surface area contributed by atoms with E-state index in [1.807, 2.05) is 13.0 Å². The summed E-state index contributed by atoms with van der Waals surface area (Å²) in [6.45, 7) is 1.84. The molecule has 4 heteroatoms. The van der Waals surface area contributed by atoms with Gasteiger partial charge in [-0.1, -0.05) is 12.1 Å². The van der Waals surface area contributed by atoms with Crippen LogP contribution in [0.4, 0.5) is 15.8 Å². The van der Waals surface area contributed by atoms with Gasteiger partial charge in [0, 0.05) is 18.4 Å². The quantitative estimate of drug-likeness (QED) is 0.842. The molecule has 0 heterocycles. The van der Waals surface area contributed by atoms with E-state index >= 15 is 0 Å². The molecule has 0 saturated carbocycles. The molecule has 0 spiro atoms. The van der Waals surface area contributed by atoms with E-state index in [4.69, 9.17) is 5.73 Å². The first-order chi connectivity index (χ1) is 9.00. The summed E-state index contributed by atoms with van der Waals surface area (Å²) in [5.41, 5.74) is 8.22. The van der Waals surface area contributed by atoms with Crippen molar-refractivity contribution in [3.05, 3.63) is 59.4 Å². The summed E-state index contributed by atoms with van der Waals surface area (Å²) in [5, 5.41) is 0. The van der Waals surface area contributed by atoms with Crippen molar-refractivity contribution in [3.63, 3.8) is 0 Å². The zero-order valence-electron chi connectivity index (χ0n) is 10.9. The van der Waals surface area contributed by atoms with Crippen LogP contribution in [0.15, 0.2) is 42.5 Å². The van der Waals surface area contributed by atoms with Crippen LogP contribution in [0.5, 0.6) is 0 Å². The molecule has 0 radical (unpaired) electrons. The second kappa shape index (κ2) is 5.10. The van der Waals surface area contributed by atoms with Crippen molar-refractivity contribution < 1.29 is 9.18 Å². The van der Waals surface area contributed by atoms with Crippen LogP contribution in [0, 0.1) is 12.7 Å². The first-order valence-electron chi connectivity index (χ1n) is 5.89. The zero-order chi connectivity index (χ0) is 14.0. The number of nitrogen functional groups attached to an aromatic ring is 1. The van der Waals surface area contributed by atoms with E-state index in [0.29, 0.717) is 16.9 Å². The molecule has 0 aliphatic rings. The molecule has 0 aromatic heterocycles. The zero-order valence-corrected chi connectivity index (χ0v) is 10.9. The van der Waals surface area contributed by atoms with Crippen molar-refractivity contribution in [2.75, 3.05) is 17.7 Å². The molecule has 2 N–H and O–H groups in total. The first-order valence-corrected chi connectivity index (χ1v) is 5.89. The third-order valence-electron chi connectivity index (χ3n) is 3.04. The molecule has 98 valence electrons. The molecule has 1 amide bonds. The van der Waals surface area contributed by atoms with E-state index < -0.39 is 0 Å². The van der Waals surface area contributed by atoms with E-state index in [0.717, 1.165) is 5.56 Å². The molecule has 0 aliphatic carbocycles. The standard InChI is InChI=1S/C15H15FN2O/c1-10-4-3-5-13(17)14(10)15(19)18(2)12-8-6-11(16)7-9-12/h3-9H,17H2,1-2H3. The topological polar surface area (TPSA) is 46.3 Å². The van der Waals surface area contributed by atoms with Gasteiger partial charge in [-0.15, -0.1) is 0 Å². The predicted octanol–water partition coefficient (Wildman–Crippen LogP) is 2.99. The highest BCUT2D eigenvalue weighted by molar-refractivity contribution is 6.09. The summed E-state index contributed by atoms with van der Waals surface area (Å²) in [7, 11) is 1.64. The predicted molar refractivity (Wildman–Crippen MR) is 74.7 cm³/mol. The molecule has 0 unspecified atom stereocenters.